The molecule has 0 aliphatic carbocycles. The van der Waals surface area contributed by atoms with E-state index < -0.39 is 36.2 Å². The summed E-state index contributed by atoms with van der Waals surface area (Å²) in [6.45, 7) is 0.603. The molecule has 1 aromatic heterocycles. The van der Waals surface area contributed by atoms with E-state index in [2.05, 4.69) is 16.0 Å². The fourth-order valence-corrected chi connectivity index (χ4v) is 2.60. The Labute approximate surface area is 164 Å². The molecule has 0 aliphatic heterocycles. The Morgan fingerprint density at radius 1 is 1.07 bits per heavy atom. The fourth-order valence-electron chi connectivity index (χ4n) is 1.96. The number of thiophene rings is 1. The first-order valence-electron chi connectivity index (χ1n) is 8.19. The van der Waals surface area contributed by atoms with Crippen molar-refractivity contribution in [1.82, 2.24) is 10.6 Å². The molecule has 1 aromatic carbocycles. The fraction of sp³-hybridized carbons (Fsp3) is 0.222. The first kappa shape index (κ1) is 21.0. The normalized spacial score (nSPS) is 11.2. The van der Waals surface area contributed by atoms with E-state index in [1.165, 1.54) is 42.5 Å². The average Bonchev–Trinajstić information content (AvgIpc) is 3.21. The summed E-state index contributed by atoms with van der Waals surface area (Å²) < 4.78 is 17.8. The van der Waals surface area contributed by atoms with Gasteiger partial charge in [0.1, 0.15) is 12.4 Å². The number of ether oxygens (including phenoxy) is 1. The number of rotatable bonds is 8. The van der Waals surface area contributed by atoms with E-state index in [1.807, 2.05) is 0 Å². The molecule has 0 saturated carbocycles. The first-order chi connectivity index (χ1) is 13.3. The second kappa shape index (κ2) is 10.2. The van der Waals surface area contributed by atoms with Crippen molar-refractivity contribution in [2.45, 2.75) is 13.0 Å². The van der Waals surface area contributed by atoms with Crippen LogP contribution in [0.2, 0.25) is 0 Å². The largest absolute Gasteiger partial charge is 0.451 e. The maximum atomic E-state index is 12.8. The predicted molar refractivity (Wildman–Crippen MR) is 100 cm³/mol. The highest BCUT2D eigenvalue weighted by Gasteiger charge is 2.18. The molecular weight excluding hydrogens is 389 g/mol. The van der Waals surface area contributed by atoms with Crippen LogP contribution in [0.25, 0.3) is 0 Å². The van der Waals surface area contributed by atoms with Gasteiger partial charge in [-0.1, -0.05) is 6.07 Å². The second-order valence-electron chi connectivity index (χ2n) is 5.56. The number of anilines is 1. The molecule has 0 bridgehead atoms. The van der Waals surface area contributed by atoms with Gasteiger partial charge in [-0.3, -0.25) is 19.2 Å². The zero-order valence-corrected chi connectivity index (χ0v) is 15.7. The smallest absolute Gasteiger partial charge is 0.326 e. The predicted octanol–water partition coefficient (Wildman–Crippen LogP) is 1.30. The van der Waals surface area contributed by atoms with E-state index in [0.29, 0.717) is 10.6 Å². The number of benzene rings is 1. The zero-order valence-electron chi connectivity index (χ0n) is 14.9. The van der Waals surface area contributed by atoms with Gasteiger partial charge >= 0.3 is 5.97 Å². The Morgan fingerprint density at radius 3 is 2.43 bits per heavy atom. The third kappa shape index (κ3) is 6.80. The summed E-state index contributed by atoms with van der Waals surface area (Å²) in [6.07, 6.45) is -1.12. The van der Waals surface area contributed by atoms with Gasteiger partial charge in [0.25, 0.3) is 11.8 Å². The third-order valence-corrected chi connectivity index (χ3v) is 4.24. The Balaban J connectivity index is 1.67. The Hall–Kier alpha value is -3.27. The summed E-state index contributed by atoms with van der Waals surface area (Å²) in [4.78, 5) is 47.5. The Kier molecular flexibility index (Phi) is 7.64. The molecule has 0 spiro atoms. The lowest BCUT2D eigenvalue weighted by atomic mass is 10.3. The molecule has 3 N–H and O–H groups in total. The van der Waals surface area contributed by atoms with Crippen molar-refractivity contribution in [3.63, 3.8) is 0 Å². The highest BCUT2D eigenvalue weighted by atomic mass is 32.1. The number of nitrogens with one attached hydrogen (secondary N) is 3. The minimum atomic E-state index is -1.12. The minimum absolute atomic E-state index is 0.301. The molecule has 1 atom stereocenters. The maximum Gasteiger partial charge on any atom is 0.326 e. The highest BCUT2D eigenvalue weighted by molar-refractivity contribution is 7.12. The van der Waals surface area contributed by atoms with Gasteiger partial charge in [0.2, 0.25) is 5.91 Å². The lowest BCUT2D eigenvalue weighted by Crippen LogP contribution is -2.40. The molecule has 2 aromatic rings. The maximum absolute atomic E-state index is 12.8. The van der Waals surface area contributed by atoms with Crippen LogP contribution in [0.1, 0.15) is 16.6 Å². The van der Waals surface area contributed by atoms with Crippen LogP contribution in [0.15, 0.2) is 41.8 Å². The third-order valence-electron chi connectivity index (χ3n) is 3.37. The summed E-state index contributed by atoms with van der Waals surface area (Å²) >= 11 is 1.24. The van der Waals surface area contributed by atoms with Crippen molar-refractivity contribution in [2.24, 2.45) is 0 Å². The topological polar surface area (TPSA) is 114 Å². The van der Waals surface area contributed by atoms with Gasteiger partial charge in [0.05, 0.1) is 11.4 Å². The molecule has 28 heavy (non-hydrogen) atoms. The quantitative estimate of drug-likeness (QED) is 0.571. The van der Waals surface area contributed by atoms with Crippen LogP contribution in [0, 0.1) is 5.82 Å². The molecular formula is C18H18FN3O5S. The van der Waals surface area contributed by atoms with Gasteiger partial charge in [-0.05, 0) is 42.6 Å². The number of carbonyl (C=O) groups is 4. The molecule has 3 amide bonds. The molecule has 148 valence electrons. The molecule has 0 unspecified atom stereocenters. The van der Waals surface area contributed by atoms with Crippen molar-refractivity contribution in [1.29, 1.82) is 0 Å². The molecule has 2 rings (SSSR count). The van der Waals surface area contributed by atoms with Gasteiger partial charge in [-0.15, -0.1) is 11.3 Å². The molecule has 0 saturated heterocycles. The van der Waals surface area contributed by atoms with Gasteiger partial charge < -0.3 is 20.7 Å². The molecule has 8 nitrogen and oxygen atoms in total. The summed E-state index contributed by atoms with van der Waals surface area (Å²) in [5.74, 6) is -2.84. The first-order valence-corrected chi connectivity index (χ1v) is 9.07. The lowest BCUT2D eigenvalue weighted by Gasteiger charge is -2.14. The van der Waals surface area contributed by atoms with Crippen LogP contribution in [-0.4, -0.2) is 42.9 Å². The number of amides is 3. The van der Waals surface area contributed by atoms with Crippen molar-refractivity contribution >= 4 is 40.7 Å². The molecule has 0 aliphatic rings. The van der Waals surface area contributed by atoms with Crippen molar-refractivity contribution in [3.05, 3.63) is 52.5 Å². The van der Waals surface area contributed by atoms with Crippen molar-refractivity contribution < 1.29 is 28.3 Å². The van der Waals surface area contributed by atoms with Crippen LogP contribution in [0.5, 0.6) is 0 Å². The Morgan fingerprint density at radius 2 is 1.79 bits per heavy atom. The number of hydrogen-bond donors (Lipinski definition) is 3. The monoisotopic (exact) mass is 407 g/mol. The molecule has 10 heteroatoms. The summed E-state index contributed by atoms with van der Waals surface area (Å²) in [5.41, 5.74) is 0.351. The van der Waals surface area contributed by atoms with Crippen LogP contribution >= 0.6 is 11.3 Å². The summed E-state index contributed by atoms with van der Waals surface area (Å²) in [6, 6.07) is 8.42. The van der Waals surface area contributed by atoms with E-state index in [0.717, 1.165) is 0 Å². The van der Waals surface area contributed by atoms with E-state index in [1.54, 1.807) is 17.5 Å². The van der Waals surface area contributed by atoms with E-state index in [-0.39, 0.29) is 12.5 Å². The lowest BCUT2D eigenvalue weighted by molar-refractivity contribution is -0.152. The molecule has 0 fully saturated rings. The van der Waals surface area contributed by atoms with Gasteiger partial charge in [0, 0.05) is 5.69 Å². The minimum Gasteiger partial charge on any atom is -0.451 e. The van der Waals surface area contributed by atoms with E-state index >= 15 is 0 Å². The van der Waals surface area contributed by atoms with Crippen molar-refractivity contribution in [2.75, 3.05) is 18.4 Å². The van der Waals surface area contributed by atoms with Gasteiger partial charge in [-0.25, -0.2) is 4.39 Å². The molecule has 0 radical (unpaired) electrons. The van der Waals surface area contributed by atoms with E-state index in [9.17, 15) is 23.6 Å². The second-order valence-corrected chi connectivity index (χ2v) is 6.51. The van der Waals surface area contributed by atoms with Crippen LogP contribution in [0.3, 0.4) is 0 Å². The van der Waals surface area contributed by atoms with Crippen molar-refractivity contribution in [3.8, 4) is 0 Å². The SMILES string of the molecule is C[C@H](OC(=O)CNC(=O)CNC(=O)c1cccs1)C(=O)Nc1ccc(F)cc1. The van der Waals surface area contributed by atoms with E-state index in [4.69, 9.17) is 4.74 Å². The highest BCUT2D eigenvalue weighted by Crippen LogP contribution is 2.09. The van der Waals surface area contributed by atoms with Crippen LogP contribution in [0.4, 0.5) is 10.1 Å². The number of halogens is 1. The zero-order chi connectivity index (χ0) is 20.5. The number of hydrogen-bond acceptors (Lipinski definition) is 6. The molecule has 1 heterocycles. The standard InChI is InChI=1S/C18H18FN3O5S/c1-11(17(25)22-13-6-4-12(19)5-7-13)27-16(24)10-20-15(23)9-21-18(26)14-3-2-8-28-14/h2-8,11H,9-10H2,1H3,(H,20,23)(H,21,26)(H,22,25)/t11-/m0/s1. The van der Waals surface area contributed by atoms with Crippen LogP contribution in [-0.2, 0) is 19.1 Å². The average molecular weight is 407 g/mol. The summed E-state index contributed by atoms with van der Waals surface area (Å²) in [5, 5.41) is 8.90. The van der Waals surface area contributed by atoms with Gasteiger partial charge in [-0.2, -0.15) is 0 Å². The number of carbonyl (C=O) groups excluding carboxylic acids is 4. The Bertz CT molecular complexity index is 839. The number of esters is 1. The van der Waals surface area contributed by atoms with Crippen LogP contribution < -0.4 is 16.0 Å². The summed E-state index contributed by atoms with van der Waals surface area (Å²) in [7, 11) is 0. The van der Waals surface area contributed by atoms with Gasteiger partial charge in [0.15, 0.2) is 6.10 Å².